The maximum atomic E-state index is 12.6. The first-order valence-electron chi connectivity index (χ1n) is 6.80. The molecule has 0 saturated carbocycles. The maximum Gasteiger partial charge on any atom is 0.243 e. The molecule has 20 heavy (non-hydrogen) atoms. The highest BCUT2D eigenvalue weighted by Crippen LogP contribution is 2.27. The standard InChI is InChI=1S/C14H22N2O2S2/c1-11(10-19-3)16(2)20(17,18)13-7-6-12-5-4-8-15-14(12)9-13/h6-7,9,11,15H,4-5,8,10H2,1-3H3. The maximum absolute atomic E-state index is 12.6. The molecule has 1 aromatic carbocycles. The van der Waals surface area contributed by atoms with Crippen LogP contribution in [0.4, 0.5) is 5.69 Å². The van der Waals surface area contributed by atoms with Crippen LogP contribution in [-0.4, -0.2) is 44.4 Å². The Morgan fingerprint density at radius 2 is 2.20 bits per heavy atom. The van der Waals surface area contributed by atoms with Gasteiger partial charge in [0.1, 0.15) is 0 Å². The zero-order valence-electron chi connectivity index (χ0n) is 12.2. The average molecular weight is 314 g/mol. The highest BCUT2D eigenvalue weighted by Gasteiger charge is 2.26. The molecule has 112 valence electrons. The van der Waals surface area contributed by atoms with Gasteiger partial charge in [-0.05, 0) is 43.7 Å². The molecule has 0 aliphatic carbocycles. The van der Waals surface area contributed by atoms with E-state index in [1.54, 1.807) is 30.9 Å². The van der Waals surface area contributed by atoms with Crippen LogP contribution < -0.4 is 5.32 Å². The number of aryl methyl sites for hydroxylation is 1. The molecule has 0 spiro atoms. The molecule has 0 aromatic heterocycles. The van der Waals surface area contributed by atoms with Gasteiger partial charge in [-0.15, -0.1) is 0 Å². The van der Waals surface area contributed by atoms with Gasteiger partial charge in [0, 0.05) is 31.1 Å². The SMILES string of the molecule is CSCC(C)N(C)S(=O)(=O)c1ccc2c(c1)NCCC2. The molecule has 0 radical (unpaired) electrons. The molecule has 1 N–H and O–H groups in total. The minimum atomic E-state index is -3.41. The van der Waals surface area contributed by atoms with Crippen LogP contribution in [0.15, 0.2) is 23.1 Å². The van der Waals surface area contributed by atoms with E-state index in [1.807, 2.05) is 19.2 Å². The summed E-state index contributed by atoms with van der Waals surface area (Å²) in [5.41, 5.74) is 2.17. The molecule has 1 aliphatic heterocycles. The molecule has 2 rings (SSSR count). The number of sulfonamides is 1. The zero-order chi connectivity index (χ0) is 14.8. The largest absolute Gasteiger partial charge is 0.385 e. The summed E-state index contributed by atoms with van der Waals surface area (Å²) in [6.07, 6.45) is 4.10. The molecule has 0 amide bonds. The van der Waals surface area contributed by atoms with Crippen LogP contribution in [0.2, 0.25) is 0 Å². The number of thioether (sulfide) groups is 1. The topological polar surface area (TPSA) is 49.4 Å². The molecule has 0 bridgehead atoms. The lowest BCUT2D eigenvalue weighted by Crippen LogP contribution is -2.36. The second kappa shape index (κ2) is 6.37. The van der Waals surface area contributed by atoms with Gasteiger partial charge in [0.25, 0.3) is 0 Å². The fraction of sp³-hybridized carbons (Fsp3) is 0.571. The van der Waals surface area contributed by atoms with Gasteiger partial charge in [0.05, 0.1) is 4.90 Å². The van der Waals surface area contributed by atoms with E-state index < -0.39 is 10.0 Å². The van der Waals surface area contributed by atoms with Crippen molar-refractivity contribution in [3.05, 3.63) is 23.8 Å². The van der Waals surface area contributed by atoms with E-state index in [0.717, 1.165) is 30.8 Å². The first-order valence-corrected chi connectivity index (χ1v) is 9.64. The van der Waals surface area contributed by atoms with Gasteiger partial charge in [0.15, 0.2) is 0 Å². The van der Waals surface area contributed by atoms with Crippen LogP contribution in [0.1, 0.15) is 18.9 Å². The van der Waals surface area contributed by atoms with Crippen molar-refractivity contribution in [2.24, 2.45) is 0 Å². The summed E-state index contributed by atoms with van der Waals surface area (Å²) in [4.78, 5) is 0.376. The van der Waals surface area contributed by atoms with Crippen LogP contribution in [0.25, 0.3) is 0 Å². The van der Waals surface area contributed by atoms with Gasteiger partial charge < -0.3 is 5.32 Å². The van der Waals surface area contributed by atoms with E-state index in [-0.39, 0.29) is 6.04 Å². The summed E-state index contributed by atoms with van der Waals surface area (Å²) in [7, 11) is -1.76. The van der Waals surface area contributed by atoms with E-state index in [1.165, 1.54) is 9.87 Å². The van der Waals surface area contributed by atoms with Gasteiger partial charge in [-0.2, -0.15) is 16.1 Å². The van der Waals surface area contributed by atoms with Crippen molar-refractivity contribution >= 4 is 27.5 Å². The van der Waals surface area contributed by atoms with E-state index >= 15 is 0 Å². The number of hydrogen-bond acceptors (Lipinski definition) is 4. The van der Waals surface area contributed by atoms with Crippen LogP contribution in [-0.2, 0) is 16.4 Å². The Kier molecular flexibility index (Phi) is 4.99. The average Bonchev–Trinajstić information content (AvgIpc) is 2.46. The number of rotatable bonds is 5. The third-order valence-corrected chi connectivity index (χ3v) is 6.51. The molecule has 1 atom stereocenters. The highest BCUT2D eigenvalue weighted by atomic mass is 32.2. The molecular weight excluding hydrogens is 292 g/mol. The van der Waals surface area contributed by atoms with Crippen molar-refractivity contribution in [2.45, 2.75) is 30.7 Å². The Morgan fingerprint density at radius 1 is 1.45 bits per heavy atom. The summed E-state index contributed by atoms with van der Waals surface area (Å²) < 4.78 is 26.7. The Bertz CT molecular complexity index is 573. The molecule has 1 aliphatic rings. The van der Waals surface area contributed by atoms with E-state index in [2.05, 4.69) is 5.32 Å². The number of nitrogens with zero attached hydrogens (tertiary/aromatic N) is 1. The third kappa shape index (κ3) is 3.13. The number of anilines is 1. The second-order valence-corrected chi connectivity index (χ2v) is 8.08. The van der Waals surface area contributed by atoms with Crippen LogP contribution >= 0.6 is 11.8 Å². The van der Waals surface area contributed by atoms with Gasteiger partial charge in [-0.3, -0.25) is 0 Å². The van der Waals surface area contributed by atoms with Crippen LogP contribution in [0.3, 0.4) is 0 Å². The smallest absolute Gasteiger partial charge is 0.243 e. The molecule has 1 unspecified atom stereocenters. The minimum absolute atomic E-state index is 0.0148. The van der Waals surface area contributed by atoms with E-state index in [0.29, 0.717) is 4.90 Å². The van der Waals surface area contributed by atoms with Crippen molar-refractivity contribution in [1.82, 2.24) is 4.31 Å². The van der Waals surface area contributed by atoms with Gasteiger partial charge in [0.2, 0.25) is 10.0 Å². The zero-order valence-corrected chi connectivity index (χ0v) is 13.9. The predicted octanol–water partition coefficient (Wildman–Crippen LogP) is 2.42. The number of fused-ring (bicyclic) bond motifs is 1. The van der Waals surface area contributed by atoms with Gasteiger partial charge in [-0.25, -0.2) is 8.42 Å². The summed E-state index contributed by atoms with van der Waals surface area (Å²) in [5, 5.41) is 3.28. The molecule has 1 heterocycles. The van der Waals surface area contributed by atoms with Crippen LogP contribution in [0, 0.1) is 0 Å². The lowest BCUT2D eigenvalue weighted by Gasteiger charge is -2.25. The van der Waals surface area contributed by atoms with E-state index in [9.17, 15) is 8.42 Å². The summed E-state index contributed by atoms with van der Waals surface area (Å²) in [6, 6.07) is 5.41. The number of hydrogen-bond donors (Lipinski definition) is 1. The van der Waals surface area contributed by atoms with Crippen molar-refractivity contribution in [3.63, 3.8) is 0 Å². The van der Waals surface area contributed by atoms with Crippen molar-refractivity contribution < 1.29 is 8.42 Å². The first kappa shape index (κ1) is 15.7. The first-order chi connectivity index (χ1) is 9.46. The number of nitrogens with one attached hydrogen (secondary N) is 1. The summed E-state index contributed by atoms with van der Waals surface area (Å²) in [6.45, 7) is 2.85. The predicted molar refractivity (Wildman–Crippen MR) is 86.0 cm³/mol. The fourth-order valence-electron chi connectivity index (χ4n) is 2.35. The quantitative estimate of drug-likeness (QED) is 0.907. The molecule has 1 aromatic rings. The lowest BCUT2D eigenvalue weighted by molar-refractivity contribution is 0.415. The third-order valence-electron chi connectivity index (χ3n) is 3.73. The minimum Gasteiger partial charge on any atom is -0.385 e. The Hall–Kier alpha value is -0.720. The Labute approximate surface area is 126 Å². The molecule has 4 nitrogen and oxygen atoms in total. The van der Waals surface area contributed by atoms with Gasteiger partial charge in [-0.1, -0.05) is 6.07 Å². The van der Waals surface area contributed by atoms with Crippen molar-refractivity contribution in [3.8, 4) is 0 Å². The number of benzene rings is 1. The van der Waals surface area contributed by atoms with Gasteiger partial charge >= 0.3 is 0 Å². The summed E-state index contributed by atoms with van der Waals surface area (Å²) in [5.74, 6) is 0.791. The second-order valence-electron chi connectivity index (χ2n) is 5.17. The summed E-state index contributed by atoms with van der Waals surface area (Å²) >= 11 is 1.65. The van der Waals surface area contributed by atoms with Crippen LogP contribution in [0.5, 0.6) is 0 Å². The molecular formula is C14H22N2O2S2. The monoisotopic (exact) mass is 314 g/mol. The normalized spacial score (nSPS) is 16.6. The lowest BCUT2D eigenvalue weighted by atomic mass is 10.0. The fourth-order valence-corrected chi connectivity index (χ4v) is 4.54. The molecule has 0 fully saturated rings. The van der Waals surface area contributed by atoms with Crippen molar-refractivity contribution in [1.29, 1.82) is 0 Å². The Morgan fingerprint density at radius 3 is 2.90 bits per heavy atom. The molecule has 6 heteroatoms. The van der Waals surface area contributed by atoms with Crippen molar-refractivity contribution in [2.75, 3.05) is 30.9 Å². The van der Waals surface area contributed by atoms with E-state index in [4.69, 9.17) is 0 Å². The molecule has 0 saturated heterocycles. The Balaban J connectivity index is 2.29. The highest BCUT2D eigenvalue weighted by molar-refractivity contribution is 7.98.